The van der Waals surface area contributed by atoms with Gasteiger partial charge in [0.1, 0.15) is 5.60 Å². The third kappa shape index (κ3) is 5.16. The van der Waals surface area contributed by atoms with Crippen LogP contribution in [0.4, 0.5) is 0 Å². The molecular formula is C17H34O2. The highest BCUT2D eigenvalue weighted by atomic mass is 16.6. The van der Waals surface area contributed by atoms with Crippen LogP contribution in [-0.2, 0) is 9.53 Å². The molecule has 0 aliphatic rings. The summed E-state index contributed by atoms with van der Waals surface area (Å²) in [5.41, 5.74) is -0.612. The molecule has 0 amide bonds. The summed E-state index contributed by atoms with van der Waals surface area (Å²) in [5.74, 6) is 0.292. The highest BCUT2D eigenvalue weighted by Gasteiger charge is 2.41. The molecule has 0 aliphatic heterocycles. The highest BCUT2D eigenvalue weighted by molar-refractivity contribution is 5.76. The summed E-state index contributed by atoms with van der Waals surface area (Å²) in [5, 5.41) is 0. The lowest BCUT2D eigenvalue weighted by atomic mass is 9.73. The first-order valence-electron chi connectivity index (χ1n) is 7.63. The number of carbonyl (C=O) groups excluding carboxylic acids is 1. The largest absolute Gasteiger partial charge is 0.459 e. The molecule has 0 bridgehead atoms. The molecule has 0 aromatic carbocycles. The number of rotatable bonds is 6. The van der Waals surface area contributed by atoms with Crippen LogP contribution in [0, 0.1) is 16.7 Å². The van der Waals surface area contributed by atoms with Crippen LogP contribution in [0.5, 0.6) is 0 Å². The Bertz CT molecular complexity index is 301. The lowest BCUT2D eigenvalue weighted by Gasteiger charge is -2.39. The van der Waals surface area contributed by atoms with Gasteiger partial charge in [0.05, 0.1) is 5.41 Å². The monoisotopic (exact) mass is 270 g/mol. The second kappa shape index (κ2) is 6.28. The first-order chi connectivity index (χ1) is 8.40. The van der Waals surface area contributed by atoms with E-state index in [1.807, 2.05) is 13.8 Å². The SMILES string of the molecule is CCC(C)(CC(C)(C)C)C(=O)OC(C)(CC)C(C)C. The molecule has 0 aromatic heterocycles. The minimum atomic E-state index is -0.385. The van der Waals surface area contributed by atoms with Gasteiger partial charge in [-0.25, -0.2) is 0 Å². The molecule has 0 saturated carbocycles. The van der Waals surface area contributed by atoms with E-state index in [0.29, 0.717) is 5.92 Å². The van der Waals surface area contributed by atoms with Gasteiger partial charge in [0.15, 0.2) is 0 Å². The Morgan fingerprint density at radius 1 is 1.00 bits per heavy atom. The Balaban J connectivity index is 5.05. The first kappa shape index (κ1) is 18.5. The summed E-state index contributed by atoms with van der Waals surface area (Å²) in [6.45, 7) is 19.0. The Labute approximate surface area is 120 Å². The van der Waals surface area contributed by atoms with Gasteiger partial charge in [0, 0.05) is 0 Å². The van der Waals surface area contributed by atoms with Crippen LogP contribution in [0.3, 0.4) is 0 Å². The smallest absolute Gasteiger partial charge is 0.312 e. The fraction of sp³-hybridized carbons (Fsp3) is 0.941. The van der Waals surface area contributed by atoms with Crippen molar-refractivity contribution in [3.8, 4) is 0 Å². The molecule has 0 N–H and O–H groups in total. The topological polar surface area (TPSA) is 26.3 Å². The van der Waals surface area contributed by atoms with Crippen LogP contribution in [0.25, 0.3) is 0 Å². The molecule has 0 heterocycles. The number of hydrogen-bond acceptors (Lipinski definition) is 2. The van der Waals surface area contributed by atoms with Gasteiger partial charge < -0.3 is 4.74 Å². The third-order valence-corrected chi connectivity index (χ3v) is 4.44. The molecule has 19 heavy (non-hydrogen) atoms. The van der Waals surface area contributed by atoms with E-state index >= 15 is 0 Å². The maximum atomic E-state index is 12.6. The van der Waals surface area contributed by atoms with Gasteiger partial charge in [-0.3, -0.25) is 4.79 Å². The van der Waals surface area contributed by atoms with E-state index in [1.54, 1.807) is 0 Å². The molecule has 0 saturated heterocycles. The van der Waals surface area contributed by atoms with E-state index in [-0.39, 0.29) is 22.4 Å². The molecule has 0 rings (SSSR count). The van der Waals surface area contributed by atoms with Gasteiger partial charge in [-0.1, -0.05) is 48.5 Å². The second-order valence-electron chi connectivity index (χ2n) is 7.86. The molecule has 0 aromatic rings. The molecule has 0 radical (unpaired) electrons. The summed E-state index contributed by atoms with van der Waals surface area (Å²) < 4.78 is 5.91. The van der Waals surface area contributed by atoms with Crippen LogP contribution in [0.15, 0.2) is 0 Å². The number of carbonyl (C=O) groups is 1. The highest BCUT2D eigenvalue weighted by Crippen LogP contribution is 2.39. The van der Waals surface area contributed by atoms with Gasteiger partial charge >= 0.3 is 5.97 Å². The van der Waals surface area contributed by atoms with Crippen molar-refractivity contribution in [1.29, 1.82) is 0 Å². The Morgan fingerprint density at radius 3 is 1.74 bits per heavy atom. The van der Waals surface area contributed by atoms with Crippen LogP contribution < -0.4 is 0 Å². The fourth-order valence-electron chi connectivity index (χ4n) is 2.45. The molecule has 2 heteroatoms. The maximum Gasteiger partial charge on any atom is 0.312 e. The molecule has 0 spiro atoms. The number of hydrogen-bond donors (Lipinski definition) is 0. The summed E-state index contributed by atoms with van der Waals surface area (Å²) in [6.07, 6.45) is 2.53. The average molecular weight is 270 g/mol. The van der Waals surface area contributed by atoms with Gasteiger partial charge in [0.2, 0.25) is 0 Å². The van der Waals surface area contributed by atoms with Crippen molar-refractivity contribution in [2.75, 3.05) is 0 Å². The van der Waals surface area contributed by atoms with E-state index in [0.717, 1.165) is 19.3 Å². The molecule has 2 unspecified atom stereocenters. The summed E-state index contributed by atoms with van der Waals surface area (Å²) >= 11 is 0. The fourth-order valence-corrected chi connectivity index (χ4v) is 2.45. The summed E-state index contributed by atoms with van der Waals surface area (Å²) in [4.78, 5) is 12.6. The van der Waals surface area contributed by atoms with E-state index in [4.69, 9.17) is 4.74 Å². The lowest BCUT2D eigenvalue weighted by molar-refractivity contribution is -0.177. The van der Waals surface area contributed by atoms with Crippen molar-refractivity contribution in [3.05, 3.63) is 0 Å². The number of esters is 1. The molecule has 114 valence electrons. The van der Waals surface area contributed by atoms with Crippen LogP contribution in [0.1, 0.15) is 81.6 Å². The van der Waals surface area contributed by atoms with Crippen LogP contribution in [-0.4, -0.2) is 11.6 Å². The first-order valence-corrected chi connectivity index (χ1v) is 7.63. The van der Waals surface area contributed by atoms with Gasteiger partial charge in [0.25, 0.3) is 0 Å². The van der Waals surface area contributed by atoms with Gasteiger partial charge in [-0.2, -0.15) is 0 Å². The minimum Gasteiger partial charge on any atom is -0.459 e. The van der Waals surface area contributed by atoms with Crippen LogP contribution in [0.2, 0.25) is 0 Å². The molecule has 2 atom stereocenters. The zero-order valence-corrected chi connectivity index (χ0v) is 14.5. The van der Waals surface area contributed by atoms with Crippen molar-refractivity contribution in [2.24, 2.45) is 16.7 Å². The predicted molar refractivity (Wildman–Crippen MR) is 82.1 cm³/mol. The van der Waals surface area contributed by atoms with Crippen molar-refractivity contribution in [2.45, 2.75) is 87.2 Å². The quantitative estimate of drug-likeness (QED) is 0.619. The van der Waals surface area contributed by atoms with Crippen LogP contribution >= 0.6 is 0 Å². The van der Waals surface area contributed by atoms with Crippen molar-refractivity contribution in [3.63, 3.8) is 0 Å². The standard InChI is InChI=1S/C17H34O2/c1-10-16(8,12-15(5,6)7)14(18)19-17(9,11-2)13(3)4/h13H,10-12H2,1-9H3. The normalized spacial score (nSPS) is 18.8. The lowest BCUT2D eigenvalue weighted by Crippen LogP contribution is -2.43. The predicted octanol–water partition coefficient (Wildman–Crippen LogP) is 5.21. The van der Waals surface area contributed by atoms with E-state index in [1.165, 1.54) is 0 Å². The van der Waals surface area contributed by atoms with Crippen molar-refractivity contribution in [1.82, 2.24) is 0 Å². The van der Waals surface area contributed by atoms with E-state index < -0.39 is 0 Å². The minimum absolute atomic E-state index is 0.0389. The Morgan fingerprint density at radius 2 is 1.47 bits per heavy atom. The number of ether oxygens (including phenoxy) is 1. The molecule has 0 aliphatic carbocycles. The molecule has 0 fully saturated rings. The summed E-state index contributed by atoms with van der Waals surface area (Å²) in [6, 6.07) is 0. The van der Waals surface area contributed by atoms with E-state index in [9.17, 15) is 4.79 Å². The Kier molecular flexibility index (Phi) is 6.10. The molecular weight excluding hydrogens is 236 g/mol. The zero-order valence-electron chi connectivity index (χ0n) is 14.5. The van der Waals surface area contributed by atoms with Gasteiger partial charge in [-0.05, 0) is 44.4 Å². The zero-order chi connectivity index (χ0) is 15.5. The second-order valence-corrected chi connectivity index (χ2v) is 7.86. The van der Waals surface area contributed by atoms with E-state index in [2.05, 4.69) is 48.5 Å². The summed E-state index contributed by atoms with van der Waals surface area (Å²) in [7, 11) is 0. The average Bonchev–Trinajstić information content (AvgIpc) is 2.26. The maximum absolute atomic E-state index is 12.6. The third-order valence-electron chi connectivity index (χ3n) is 4.44. The van der Waals surface area contributed by atoms with Crippen molar-refractivity contribution >= 4 is 5.97 Å². The Hall–Kier alpha value is -0.530. The van der Waals surface area contributed by atoms with Gasteiger partial charge in [-0.15, -0.1) is 0 Å². The molecule has 2 nitrogen and oxygen atoms in total. The van der Waals surface area contributed by atoms with Crippen molar-refractivity contribution < 1.29 is 9.53 Å².